The van der Waals surface area contributed by atoms with Crippen LogP contribution in [0.1, 0.15) is 47.5 Å². The number of nitrogens with zero attached hydrogens (tertiary/aromatic N) is 1. The molecule has 0 radical (unpaired) electrons. The third-order valence-electron chi connectivity index (χ3n) is 13.4. The molecule has 1 fully saturated rings. The lowest BCUT2D eigenvalue weighted by molar-refractivity contribution is -0.149. The zero-order chi connectivity index (χ0) is 78.2. The number of thioether (sulfide) groups is 6. The number of phenols is 12. The van der Waals surface area contributed by atoms with E-state index in [0.717, 1.165) is 47.0 Å². The molecule has 23 N–H and O–H groups in total. The highest BCUT2D eigenvalue weighted by Gasteiger charge is 2.36. The van der Waals surface area contributed by atoms with Gasteiger partial charge in [-0.25, -0.2) is 9.59 Å². The summed E-state index contributed by atoms with van der Waals surface area (Å²) in [6.07, 6.45) is 1.20. The van der Waals surface area contributed by atoms with E-state index in [0.29, 0.717) is 54.5 Å². The van der Waals surface area contributed by atoms with E-state index < -0.39 is 76.0 Å². The van der Waals surface area contributed by atoms with Crippen LogP contribution in [-0.2, 0) is 47.8 Å². The molecule has 0 aliphatic carbocycles. The van der Waals surface area contributed by atoms with E-state index in [4.69, 9.17) is 47.8 Å². The van der Waals surface area contributed by atoms with E-state index in [1.54, 1.807) is 20.8 Å². The number of hydrogen-bond acceptors (Lipinski definition) is 31. The molecule has 6 aromatic rings. The molecule has 564 valence electrons. The van der Waals surface area contributed by atoms with Crippen molar-refractivity contribution in [3.8, 4) is 69.0 Å². The first-order chi connectivity index (χ1) is 48.1. The van der Waals surface area contributed by atoms with Gasteiger partial charge in [-0.2, -0.15) is 0 Å². The van der Waals surface area contributed by atoms with E-state index in [1.165, 1.54) is 166 Å². The molecule has 1 saturated heterocycles. The number of carbonyl (C=O) groups is 8. The molecule has 103 heavy (non-hydrogen) atoms. The first-order valence-corrected chi connectivity index (χ1v) is 35.7. The molecule has 6 aromatic carbocycles. The number of methoxy groups -OCH3 is 2. The van der Waals surface area contributed by atoms with Crippen LogP contribution in [0.25, 0.3) is 0 Å². The summed E-state index contributed by atoms with van der Waals surface area (Å²) in [5.74, 6) is -4.96. The van der Waals surface area contributed by atoms with Gasteiger partial charge in [0.05, 0.1) is 43.6 Å². The molecule has 37 heteroatoms. The van der Waals surface area contributed by atoms with Crippen molar-refractivity contribution in [2.45, 2.75) is 117 Å². The fourth-order valence-corrected chi connectivity index (χ4v) is 13.6. The SMILES string of the molecule is CC(C)(Sc1cc(O)ccc1O)C(N)C(=O)O.CC(Sc1cc(O)ccc1O)C(=O)O.COC(=O)[C@@H](N)CSc1cc(O)ccc1O.COC(=O)[C@H](CSc1cc(O)ccc1O)NC(C)=O.C[C@H](CSc1cc(O)ccc1O)C(=O)N1CCC[C@H]1C(=O)O.N[C@H](CSc1cc(O)ccc1O)C(=O)O. The quantitative estimate of drug-likeness (QED) is 0.0154. The van der Waals surface area contributed by atoms with Crippen LogP contribution in [-0.4, -0.2) is 218 Å². The molecular weight excluding hydrogens is 1470 g/mol. The summed E-state index contributed by atoms with van der Waals surface area (Å²) < 4.78 is 8.23. The summed E-state index contributed by atoms with van der Waals surface area (Å²) in [5.41, 5.74) is 16.4. The number of nitrogens with two attached hydrogens (primary N) is 3. The predicted octanol–water partition coefficient (Wildman–Crippen LogP) is 7.10. The Kier molecular flexibility index (Phi) is 38.5. The fourth-order valence-electron chi connectivity index (χ4n) is 7.78. The van der Waals surface area contributed by atoms with E-state index in [-0.39, 0.29) is 104 Å². The van der Waals surface area contributed by atoms with Gasteiger partial charge in [0.1, 0.15) is 104 Å². The highest BCUT2D eigenvalue weighted by Crippen LogP contribution is 2.42. The van der Waals surface area contributed by atoms with Crippen molar-refractivity contribution >= 4 is 118 Å². The molecule has 7 rings (SSSR count). The van der Waals surface area contributed by atoms with E-state index in [9.17, 15) is 89.4 Å². The van der Waals surface area contributed by atoms with Crippen LogP contribution in [0.4, 0.5) is 0 Å². The number of hydrogen-bond donors (Lipinski definition) is 20. The number of ether oxygens (including phenoxy) is 2. The van der Waals surface area contributed by atoms with Crippen LogP contribution < -0.4 is 22.5 Å². The topological polar surface area (TPSA) is 572 Å². The number of aliphatic carboxylic acids is 4. The maximum Gasteiger partial charge on any atom is 0.329 e. The summed E-state index contributed by atoms with van der Waals surface area (Å²) in [6.45, 7) is 8.36. The standard InChI is InChI=1S/C15H19NO5S.C12H15NO5S.C11H15NO4S.C10H13NO4S.C9H11NO4S.C9H10O4S/c1-9(8-22-13-7-10(17)4-5-12(13)18)14(19)16-6-2-3-11(16)15(20)21;1-7(14)13-9(12(17)18-2)6-19-11-5-8(15)3-4-10(11)16;1-11(2,9(12)10(15)16)17-8-5-6(13)3-4-7(8)14;1-15-10(14)7(11)5-16-9-4-6(12)2-3-8(9)13;10-6(9(13)14)4-15-8-3-5(11)1-2-7(8)12;1-5(9(12)13)14-8-4-6(10)2-3-7(8)11/h4-5,7,9,11,17-18H,2-3,6,8H2,1H3,(H,20,21);3-5,9,15-16H,6H2,1-2H3,(H,13,14);3-5,9,13-14H,12H2,1-2H3,(H,15,16);2-4,7,12-13H,5,11H2,1H3;1-3,6,11-12H,4,10H2,(H,13,14);2-5,10-11H,1H3,(H,12,13)/t9-,11+;9-;;7-;6-;/m10.01./s1. The van der Waals surface area contributed by atoms with E-state index in [1.807, 2.05) is 0 Å². The Labute approximate surface area is 616 Å². The van der Waals surface area contributed by atoms with Gasteiger partial charge in [-0.05, 0) is 143 Å². The monoisotopic (exact) mass is 1550 g/mol. The van der Waals surface area contributed by atoms with Gasteiger partial charge in [-0.3, -0.25) is 28.8 Å². The minimum Gasteiger partial charge on any atom is -0.508 e. The Balaban J connectivity index is 0.000000423. The van der Waals surface area contributed by atoms with Gasteiger partial charge in [0, 0.05) is 47.1 Å². The summed E-state index contributed by atoms with van der Waals surface area (Å²) >= 11 is 6.74. The number of nitrogens with one attached hydrogen (secondary N) is 1. The Bertz CT molecular complexity index is 3840. The molecule has 1 heterocycles. The van der Waals surface area contributed by atoms with Gasteiger partial charge in [-0.15, -0.1) is 70.6 Å². The molecule has 0 saturated carbocycles. The molecule has 2 unspecified atom stereocenters. The van der Waals surface area contributed by atoms with Gasteiger partial charge in [-0.1, -0.05) is 6.92 Å². The number of rotatable bonds is 25. The fraction of sp³-hybridized carbons (Fsp3) is 0.333. The second-order valence-corrected chi connectivity index (χ2v) is 29.4. The molecule has 1 aliphatic heterocycles. The summed E-state index contributed by atoms with van der Waals surface area (Å²) in [4.78, 5) is 92.7. The molecule has 1 aliphatic rings. The minimum atomic E-state index is -1.11. The summed E-state index contributed by atoms with van der Waals surface area (Å²) in [5, 5.41) is 150. The van der Waals surface area contributed by atoms with E-state index >= 15 is 0 Å². The van der Waals surface area contributed by atoms with Gasteiger partial charge in [0.15, 0.2) is 0 Å². The van der Waals surface area contributed by atoms with Crippen LogP contribution in [0.15, 0.2) is 139 Å². The number of likely N-dealkylation sites (tertiary alicyclic amines) is 1. The number of amides is 2. The van der Waals surface area contributed by atoms with Crippen molar-refractivity contribution < 1.29 is 130 Å². The second kappa shape index (κ2) is 44.2. The minimum absolute atomic E-state index is 0.00267. The lowest BCUT2D eigenvalue weighted by Crippen LogP contribution is -2.46. The number of esters is 2. The third-order valence-corrected chi connectivity index (χ3v) is 20.6. The van der Waals surface area contributed by atoms with Crippen molar-refractivity contribution in [1.29, 1.82) is 0 Å². The van der Waals surface area contributed by atoms with Gasteiger partial charge in [0.2, 0.25) is 11.8 Å². The van der Waals surface area contributed by atoms with Crippen LogP contribution in [0.5, 0.6) is 69.0 Å². The van der Waals surface area contributed by atoms with Crippen molar-refractivity contribution in [1.82, 2.24) is 10.2 Å². The average molecular weight is 1550 g/mol. The Morgan fingerprint density at radius 3 is 1.20 bits per heavy atom. The van der Waals surface area contributed by atoms with Crippen molar-refractivity contribution in [3.05, 3.63) is 109 Å². The first-order valence-electron chi connectivity index (χ1n) is 30.0. The van der Waals surface area contributed by atoms with Crippen LogP contribution in [0.3, 0.4) is 0 Å². The number of aromatic hydroxyl groups is 12. The number of phenolic OH excluding ortho intramolecular Hbond substituents is 12. The normalized spacial score (nSPS) is 13.8. The molecule has 31 nitrogen and oxygen atoms in total. The Hall–Kier alpha value is -9.34. The maximum absolute atomic E-state index is 12.4. The van der Waals surface area contributed by atoms with Crippen molar-refractivity contribution in [3.63, 3.8) is 0 Å². The van der Waals surface area contributed by atoms with Gasteiger partial charge < -0.3 is 119 Å². The predicted molar refractivity (Wildman–Crippen MR) is 387 cm³/mol. The smallest absolute Gasteiger partial charge is 0.329 e. The van der Waals surface area contributed by atoms with Crippen LogP contribution in [0.2, 0.25) is 0 Å². The molecular formula is C66H83N5O26S6. The number of carboxylic acid groups (broad SMARTS) is 4. The second-order valence-electron chi connectivity index (χ2n) is 22.1. The average Bonchev–Trinajstić information content (AvgIpc) is 1.36. The largest absolute Gasteiger partial charge is 0.508 e. The van der Waals surface area contributed by atoms with Crippen molar-refractivity contribution in [2.75, 3.05) is 43.8 Å². The maximum atomic E-state index is 12.4. The Morgan fingerprint density at radius 1 is 0.495 bits per heavy atom. The molecule has 7 atom stereocenters. The van der Waals surface area contributed by atoms with Gasteiger partial charge >= 0.3 is 35.8 Å². The summed E-state index contributed by atoms with van der Waals surface area (Å²) in [6, 6.07) is 20.2. The zero-order valence-corrected chi connectivity index (χ0v) is 61.1. The lowest BCUT2D eigenvalue weighted by Gasteiger charge is -2.28. The molecule has 0 spiro atoms. The highest BCUT2D eigenvalue weighted by molar-refractivity contribution is 8.01. The Morgan fingerprint density at radius 2 is 0.845 bits per heavy atom. The number of carboxylic acids is 4. The first kappa shape index (κ1) is 89.7. The third kappa shape index (κ3) is 32.3. The summed E-state index contributed by atoms with van der Waals surface area (Å²) in [7, 11) is 2.49. The number of benzene rings is 6. The number of carbonyl (C=O) groups excluding carboxylic acids is 4. The molecule has 0 bridgehead atoms. The zero-order valence-electron chi connectivity index (χ0n) is 56.3. The van der Waals surface area contributed by atoms with Crippen LogP contribution >= 0.6 is 70.6 Å². The van der Waals surface area contributed by atoms with Gasteiger partial charge in [0.25, 0.3) is 0 Å². The highest BCUT2D eigenvalue weighted by atomic mass is 32.2. The van der Waals surface area contributed by atoms with Crippen molar-refractivity contribution in [2.24, 2.45) is 23.1 Å². The lowest BCUT2D eigenvalue weighted by atomic mass is 10.1. The van der Waals surface area contributed by atoms with E-state index in [2.05, 4.69) is 14.8 Å². The molecule has 0 aromatic heterocycles. The molecule has 2 amide bonds. The van der Waals surface area contributed by atoms with Crippen LogP contribution in [0, 0.1) is 5.92 Å².